The summed E-state index contributed by atoms with van der Waals surface area (Å²) in [5.74, 6) is 0.259. The van der Waals surface area contributed by atoms with Crippen LogP contribution in [0.5, 0.6) is 0 Å². The Balaban J connectivity index is 2.71. The van der Waals surface area contributed by atoms with Gasteiger partial charge in [0.15, 0.2) is 0 Å². The molecule has 0 radical (unpaired) electrons. The molecule has 0 unspecified atom stereocenters. The molecule has 4 nitrogen and oxygen atoms in total. The molecule has 0 aliphatic carbocycles. The molecule has 0 saturated carbocycles. The van der Waals surface area contributed by atoms with Crippen LogP contribution in [0.3, 0.4) is 0 Å². The van der Waals surface area contributed by atoms with Gasteiger partial charge in [0.2, 0.25) is 5.95 Å². The highest BCUT2D eigenvalue weighted by Gasteiger charge is 2.13. The summed E-state index contributed by atoms with van der Waals surface area (Å²) in [6.45, 7) is 3.48. The summed E-state index contributed by atoms with van der Waals surface area (Å²) in [5, 5.41) is 9.45. The number of aliphatic hydroxyl groups is 1. The van der Waals surface area contributed by atoms with E-state index in [1.807, 2.05) is 0 Å². The van der Waals surface area contributed by atoms with E-state index in [2.05, 4.69) is 9.97 Å². The summed E-state index contributed by atoms with van der Waals surface area (Å²) in [4.78, 5) is 7.64. The lowest BCUT2D eigenvalue weighted by Gasteiger charge is -2.15. The third kappa shape index (κ3) is 2.84. The van der Waals surface area contributed by atoms with Gasteiger partial charge >= 0.3 is 0 Å². The van der Waals surface area contributed by atoms with Crippen LogP contribution < -0.4 is 5.73 Å². The molecule has 1 rings (SSSR count). The molecule has 0 amide bonds. The summed E-state index contributed by atoms with van der Waals surface area (Å²) in [6.07, 6.45) is 3.79. The molecule has 1 aromatic heterocycles. The van der Waals surface area contributed by atoms with Crippen molar-refractivity contribution >= 4 is 5.95 Å². The third-order valence-corrected chi connectivity index (χ3v) is 1.36. The van der Waals surface area contributed by atoms with Crippen LogP contribution in [0.1, 0.15) is 19.4 Å². The molecule has 0 aromatic carbocycles. The maximum atomic E-state index is 9.45. The number of hydrogen-bond acceptors (Lipinski definition) is 4. The second kappa shape index (κ2) is 3.06. The number of hydrogen-bond donors (Lipinski definition) is 2. The molecule has 0 bridgehead atoms. The van der Waals surface area contributed by atoms with Gasteiger partial charge < -0.3 is 10.8 Å². The van der Waals surface area contributed by atoms with Crippen molar-refractivity contribution in [3.05, 3.63) is 18.0 Å². The van der Waals surface area contributed by atoms with E-state index in [4.69, 9.17) is 5.73 Å². The van der Waals surface area contributed by atoms with Crippen molar-refractivity contribution in [2.75, 3.05) is 5.73 Å². The Kier molecular flexibility index (Phi) is 2.28. The molecular weight excluding hydrogens is 154 g/mol. The smallest absolute Gasteiger partial charge is 0.219 e. The molecule has 0 aliphatic rings. The minimum atomic E-state index is -0.723. The van der Waals surface area contributed by atoms with Gasteiger partial charge in [0.05, 0.1) is 5.60 Å². The molecular formula is C8H13N3O. The van der Waals surface area contributed by atoms with Crippen LogP contribution in [0, 0.1) is 0 Å². The summed E-state index contributed by atoms with van der Waals surface area (Å²) >= 11 is 0. The van der Waals surface area contributed by atoms with Gasteiger partial charge in [-0.2, -0.15) is 0 Å². The van der Waals surface area contributed by atoms with Crippen molar-refractivity contribution in [1.82, 2.24) is 9.97 Å². The van der Waals surface area contributed by atoms with Gasteiger partial charge in [-0.25, -0.2) is 9.97 Å². The minimum Gasteiger partial charge on any atom is -0.390 e. The van der Waals surface area contributed by atoms with E-state index < -0.39 is 5.60 Å². The van der Waals surface area contributed by atoms with Crippen LogP contribution in [-0.2, 0) is 6.42 Å². The fourth-order valence-electron chi connectivity index (χ4n) is 0.956. The zero-order chi connectivity index (χ0) is 9.19. The first-order valence-corrected chi connectivity index (χ1v) is 3.76. The van der Waals surface area contributed by atoms with E-state index >= 15 is 0 Å². The van der Waals surface area contributed by atoms with E-state index in [0.717, 1.165) is 5.56 Å². The molecule has 12 heavy (non-hydrogen) atoms. The molecule has 0 aliphatic heterocycles. The molecule has 0 saturated heterocycles. The largest absolute Gasteiger partial charge is 0.390 e. The number of anilines is 1. The maximum absolute atomic E-state index is 9.45. The highest BCUT2D eigenvalue weighted by molar-refractivity contribution is 5.18. The maximum Gasteiger partial charge on any atom is 0.219 e. The van der Waals surface area contributed by atoms with Crippen molar-refractivity contribution < 1.29 is 5.11 Å². The first kappa shape index (κ1) is 8.93. The number of nitrogens with zero attached hydrogens (tertiary/aromatic N) is 2. The molecule has 4 heteroatoms. The van der Waals surface area contributed by atoms with E-state index in [9.17, 15) is 5.11 Å². The third-order valence-electron chi connectivity index (χ3n) is 1.36. The van der Waals surface area contributed by atoms with E-state index in [1.54, 1.807) is 26.2 Å². The van der Waals surface area contributed by atoms with Crippen molar-refractivity contribution in [1.29, 1.82) is 0 Å². The van der Waals surface area contributed by atoms with E-state index in [0.29, 0.717) is 6.42 Å². The van der Waals surface area contributed by atoms with Crippen LogP contribution in [-0.4, -0.2) is 20.7 Å². The van der Waals surface area contributed by atoms with Gasteiger partial charge in [0, 0.05) is 18.8 Å². The number of nitrogens with two attached hydrogens (primary N) is 1. The molecule has 1 aromatic rings. The average Bonchev–Trinajstić information content (AvgIpc) is 1.91. The zero-order valence-electron chi connectivity index (χ0n) is 7.28. The first-order chi connectivity index (χ1) is 5.47. The van der Waals surface area contributed by atoms with Crippen molar-refractivity contribution in [3.8, 4) is 0 Å². The molecule has 0 spiro atoms. The molecule has 1 heterocycles. The number of nitrogen functional groups attached to an aromatic ring is 1. The van der Waals surface area contributed by atoms with Crippen LogP contribution in [0.25, 0.3) is 0 Å². The Labute approximate surface area is 71.5 Å². The predicted molar refractivity (Wildman–Crippen MR) is 46.4 cm³/mol. The summed E-state index contributed by atoms with van der Waals surface area (Å²) in [6, 6.07) is 0. The Morgan fingerprint density at radius 3 is 2.33 bits per heavy atom. The lowest BCUT2D eigenvalue weighted by atomic mass is 10.0. The molecule has 0 atom stereocenters. The minimum absolute atomic E-state index is 0.259. The Hall–Kier alpha value is -1.16. The SMILES string of the molecule is CC(C)(O)Cc1cnc(N)nc1. The van der Waals surface area contributed by atoms with Crippen molar-refractivity contribution in [2.45, 2.75) is 25.9 Å². The van der Waals surface area contributed by atoms with Gasteiger partial charge in [-0.05, 0) is 19.4 Å². The predicted octanol–water partition coefficient (Wildman–Crippen LogP) is 0.372. The molecule has 66 valence electrons. The Bertz CT molecular complexity index is 250. The first-order valence-electron chi connectivity index (χ1n) is 3.76. The molecule has 3 N–H and O–H groups in total. The second-order valence-electron chi connectivity index (χ2n) is 3.44. The monoisotopic (exact) mass is 167 g/mol. The van der Waals surface area contributed by atoms with Gasteiger partial charge in [-0.15, -0.1) is 0 Å². The summed E-state index contributed by atoms with van der Waals surface area (Å²) in [5.41, 5.74) is 5.47. The van der Waals surface area contributed by atoms with E-state index in [1.165, 1.54) is 0 Å². The van der Waals surface area contributed by atoms with Crippen LogP contribution in [0.15, 0.2) is 12.4 Å². The van der Waals surface area contributed by atoms with Crippen LogP contribution in [0.2, 0.25) is 0 Å². The number of rotatable bonds is 2. The standard InChI is InChI=1S/C8H13N3O/c1-8(2,12)3-6-4-10-7(9)11-5-6/h4-5,12H,3H2,1-2H3,(H2,9,10,11). The van der Waals surface area contributed by atoms with Crippen LogP contribution >= 0.6 is 0 Å². The topological polar surface area (TPSA) is 72.0 Å². The quantitative estimate of drug-likeness (QED) is 0.667. The van der Waals surface area contributed by atoms with Gasteiger partial charge in [0.25, 0.3) is 0 Å². The Morgan fingerprint density at radius 2 is 1.92 bits per heavy atom. The summed E-state index contributed by atoms with van der Waals surface area (Å²) in [7, 11) is 0. The van der Waals surface area contributed by atoms with Gasteiger partial charge in [0.1, 0.15) is 0 Å². The van der Waals surface area contributed by atoms with E-state index in [-0.39, 0.29) is 5.95 Å². The lowest BCUT2D eigenvalue weighted by molar-refractivity contribution is 0.0808. The average molecular weight is 167 g/mol. The van der Waals surface area contributed by atoms with Crippen molar-refractivity contribution in [2.24, 2.45) is 0 Å². The lowest BCUT2D eigenvalue weighted by Crippen LogP contribution is -2.22. The fourth-order valence-corrected chi connectivity index (χ4v) is 0.956. The normalized spacial score (nSPS) is 11.6. The second-order valence-corrected chi connectivity index (χ2v) is 3.44. The highest BCUT2D eigenvalue weighted by atomic mass is 16.3. The summed E-state index contributed by atoms with van der Waals surface area (Å²) < 4.78 is 0. The zero-order valence-corrected chi connectivity index (χ0v) is 7.28. The van der Waals surface area contributed by atoms with Crippen molar-refractivity contribution in [3.63, 3.8) is 0 Å². The van der Waals surface area contributed by atoms with Crippen LogP contribution in [0.4, 0.5) is 5.95 Å². The number of aromatic nitrogens is 2. The fraction of sp³-hybridized carbons (Fsp3) is 0.500. The highest BCUT2D eigenvalue weighted by Crippen LogP contribution is 2.10. The molecule has 0 fully saturated rings. The van der Waals surface area contributed by atoms with Gasteiger partial charge in [-0.1, -0.05) is 0 Å². The van der Waals surface area contributed by atoms with Gasteiger partial charge in [-0.3, -0.25) is 0 Å². The Morgan fingerprint density at radius 1 is 1.42 bits per heavy atom.